The van der Waals surface area contributed by atoms with Gasteiger partial charge in [0.15, 0.2) is 0 Å². The van der Waals surface area contributed by atoms with Crippen LogP contribution >= 0.6 is 0 Å². The molecule has 0 aliphatic carbocycles. The number of hydrogen-bond acceptors (Lipinski definition) is 12. The van der Waals surface area contributed by atoms with Crippen molar-refractivity contribution in [2.45, 2.75) is 61.3 Å². The Bertz CT molecular complexity index is 3440. The van der Waals surface area contributed by atoms with Gasteiger partial charge in [-0.05, 0) is 63.6 Å². The molecule has 0 bridgehead atoms. The van der Waals surface area contributed by atoms with Crippen LogP contribution in [-0.2, 0) is 30.3 Å². The van der Waals surface area contributed by atoms with E-state index >= 15 is 0 Å². The summed E-state index contributed by atoms with van der Waals surface area (Å²) in [6.07, 6.45) is 8.84. The van der Waals surface area contributed by atoms with Crippen molar-refractivity contribution in [1.82, 2.24) is 39.2 Å². The smallest absolute Gasteiger partial charge is 1.00 e. The van der Waals surface area contributed by atoms with Crippen LogP contribution < -0.4 is 35.3 Å². The van der Waals surface area contributed by atoms with Crippen molar-refractivity contribution in [3.63, 3.8) is 0 Å². The second-order valence-corrected chi connectivity index (χ2v) is 23.7. The number of carbonyl (C=O) groups is 2. The zero-order valence-corrected chi connectivity index (χ0v) is 52.6. The first-order valence-electron chi connectivity index (χ1n) is 29.2. The number of rotatable bonds is 17. The van der Waals surface area contributed by atoms with E-state index in [4.69, 9.17) is 19.8 Å². The fraction of sp³-hybridized carbons (Fsp3) is 0.275. The average Bonchev–Trinajstić information content (AvgIpc) is 1.60. The molecule has 1 atom stereocenters. The van der Waals surface area contributed by atoms with Crippen LogP contribution in [0.2, 0.25) is 0 Å². The van der Waals surface area contributed by atoms with Crippen molar-refractivity contribution in [2.24, 2.45) is 5.73 Å². The quantitative estimate of drug-likeness (QED) is 0.0503. The summed E-state index contributed by atoms with van der Waals surface area (Å²) in [4.78, 5) is 29.4. The monoisotopic (exact) mass is 1220 g/mol. The Morgan fingerprint density at radius 2 is 0.898 bits per heavy atom. The number of carboxylic acid groups (broad SMARTS) is 1. The Balaban J connectivity index is 0.000000166. The Kier molecular flexibility index (Phi) is 25.1. The normalized spacial score (nSPS) is 15.8. The molecule has 88 heavy (non-hydrogen) atoms. The maximum absolute atomic E-state index is 13.6. The number of aromatic nitrogens is 4. The number of halogens is 1. The number of nitrogens with two attached hydrogens (primary N) is 1. The second-order valence-electron chi connectivity index (χ2n) is 22.1. The van der Waals surface area contributed by atoms with Gasteiger partial charge in [0, 0.05) is 89.6 Å². The Morgan fingerprint density at radius 3 is 1.23 bits per heavy atom. The second kappa shape index (κ2) is 33.2. The molecule has 0 saturated carbocycles. The number of aliphatic hydroxyl groups excluding tert-OH is 1. The van der Waals surface area contributed by atoms with E-state index in [1.165, 1.54) is 39.4 Å². The molecule has 6 heterocycles. The average molecular weight is 1220 g/mol. The third-order valence-corrected chi connectivity index (χ3v) is 16.3. The van der Waals surface area contributed by atoms with E-state index in [0.29, 0.717) is 50.2 Å². The van der Waals surface area contributed by atoms with Gasteiger partial charge in [-0.25, -0.2) is 4.39 Å². The van der Waals surface area contributed by atoms with Crippen LogP contribution in [0, 0.1) is 5.82 Å². The van der Waals surface area contributed by atoms with E-state index in [0.717, 1.165) is 32.4 Å². The Labute approximate surface area is 539 Å². The predicted molar refractivity (Wildman–Crippen MR) is 336 cm³/mol. The summed E-state index contributed by atoms with van der Waals surface area (Å²) in [5, 5.41) is 24.9. The fourth-order valence-electron chi connectivity index (χ4n) is 11.4. The van der Waals surface area contributed by atoms with Gasteiger partial charge in [0.2, 0.25) is 5.91 Å². The molecule has 1 amide bonds. The van der Waals surface area contributed by atoms with Gasteiger partial charge in [0.05, 0.1) is 42.6 Å². The minimum atomic E-state index is -3.39. The van der Waals surface area contributed by atoms with Crippen molar-refractivity contribution in [2.75, 3.05) is 58.6 Å². The number of amides is 1. The Morgan fingerprint density at radius 1 is 0.568 bits per heavy atom. The molecule has 4 aliphatic heterocycles. The van der Waals surface area contributed by atoms with Crippen LogP contribution in [0.1, 0.15) is 77.0 Å². The number of nitrogens with zero attached hydrogens (tertiary/aromatic N) is 8. The topological polar surface area (TPSA) is 193 Å². The molecule has 7 aromatic carbocycles. The van der Waals surface area contributed by atoms with Gasteiger partial charge in [-0.15, -0.1) is 0 Å². The number of aliphatic hydroxyl groups is 1. The molecule has 4 N–H and O–H groups in total. The summed E-state index contributed by atoms with van der Waals surface area (Å²) in [6.45, 7) is 5.89. The first-order valence-corrected chi connectivity index (χ1v) is 31.1. The van der Waals surface area contributed by atoms with Crippen LogP contribution in [0.3, 0.4) is 0 Å². The molecule has 4 fully saturated rings. The molecule has 0 radical (unpaired) electrons. The van der Waals surface area contributed by atoms with Crippen LogP contribution in [0.4, 0.5) is 4.39 Å². The standard InChI is InChI=1S/C19H19N3.C17H19NO3S.C16H19FN4O.C16H17NO.CH2O2.Na.H/c1-3-8-16(9-4-1)19(17-10-5-2-6-11-17)21-14-18(15-21)22-13-7-12-20-22;1-22(19,20)21-16-12-18(13-16)17(14-8-4-2-5-9-14)15-10-6-3-7-11-15;17-15-5-2-1-4-12(15)8-13(18)9-16(22)20-10-14(11-20)21-7-3-6-19-21;18-15-11-17(12-15)16(13-7-3-1-4-8-13)14-9-5-2-6-10-14;2-1-3;;/h1-13,18-19H,14-15H2;2-11,16-17H,12-13H2,1H3;1-7,13-14H,8-11,18H2;1-10,15-16,18H,11-12H2;1H,(H,2,3);;/q;;;;;+1;-1/t;;13-;;;;/m..1..../s1. The molecule has 4 saturated heterocycles. The van der Waals surface area contributed by atoms with E-state index in [2.05, 4.69) is 169 Å². The molecular weight excluding hydrogens is 1140 g/mol. The number of carbonyl (C=O) groups excluding carboxylic acids is 1. The zero-order valence-electron chi connectivity index (χ0n) is 50.7. The third kappa shape index (κ3) is 18.8. The largest absolute Gasteiger partial charge is 1.00 e. The Hall–Kier alpha value is -7.46. The van der Waals surface area contributed by atoms with Gasteiger partial charge < -0.3 is 22.3 Å². The van der Waals surface area contributed by atoms with Crippen molar-refractivity contribution in [3.8, 4) is 0 Å². The third-order valence-electron chi connectivity index (χ3n) is 15.6. The van der Waals surface area contributed by atoms with Gasteiger partial charge in [-0.3, -0.25) is 37.8 Å². The SMILES string of the molecule is CS(=O)(=O)OC1CN(C(c2ccccc2)c2ccccc2)C1.N[C@@H](CC(=O)N1CC(n2cccn2)C1)Cc1ccccc1F.O=CO.OC1CN(C(c2ccccc2)c2ccccc2)C1.[H-].[Na+].c1ccc(C(c2ccccc2)N2CC(n3cccn3)C2)cc1. The molecule has 454 valence electrons. The molecule has 19 heteroatoms. The fourth-order valence-corrected chi connectivity index (χ4v) is 12.0. The van der Waals surface area contributed by atoms with Crippen LogP contribution in [0.5, 0.6) is 0 Å². The molecular formula is C69H77FN9NaO7S. The van der Waals surface area contributed by atoms with E-state index in [1.54, 1.807) is 29.3 Å². The first-order chi connectivity index (χ1) is 42.3. The summed E-state index contributed by atoms with van der Waals surface area (Å²) < 4.78 is 45.0. The van der Waals surface area contributed by atoms with Gasteiger partial charge in [0.1, 0.15) is 11.9 Å². The van der Waals surface area contributed by atoms with Gasteiger partial charge in [-0.1, -0.05) is 200 Å². The predicted octanol–water partition coefficient (Wildman–Crippen LogP) is 6.60. The van der Waals surface area contributed by atoms with Crippen molar-refractivity contribution in [3.05, 3.63) is 288 Å². The van der Waals surface area contributed by atoms with Crippen molar-refractivity contribution in [1.29, 1.82) is 0 Å². The number of β-amino-alcohol motifs (C(OH)–C–C–N with tert-alkyl or cyclic N) is 1. The maximum Gasteiger partial charge on any atom is 1.00 e. The molecule has 2 aromatic heterocycles. The minimum Gasteiger partial charge on any atom is -1.00 e. The zero-order chi connectivity index (χ0) is 61.0. The molecule has 0 unspecified atom stereocenters. The molecule has 13 rings (SSSR count). The first kappa shape index (κ1) is 66.5. The molecule has 9 aromatic rings. The van der Waals surface area contributed by atoms with Gasteiger partial charge in [-0.2, -0.15) is 18.6 Å². The molecule has 16 nitrogen and oxygen atoms in total. The van der Waals surface area contributed by atoms with Crippen LogP contribution in [0.25, 0.3) is 0 Å². The summed E-state index contributed by atoms with van der Waals surface area (Å²) >= 11 is 0. The molecule has 4 aliphatic rings. The van der Waals surface area contributed by atoms with Gasteiger partial charge >= 0.3 is 29.6 Å². The summed E-state index contributed by atoms with van der Waals surface area (Å²) in [7, 11) is -3.39. The summed E-state index contributed by atoms with van der Waals surface area (Å²) in [5.41, 5.74) is 14.2. The number of benzene rings is 7. The number of hydrogen-bond donors (Lipinski definition) is 3. The minimum absolute atomic E-state index is 0. The summed E-state index contributed by atoms with van der Waals surface area (Å²) in [6, 6.07) is 74.5. The van der Waals surface area contributed by atoms with Crippen LogP contribution in [-0.4, -0.2) is 147 Å². The number of likely N-dealkylation sites (tertiary alicyclic amines) is 4. The van der Waals surface area contributed by atoms with E-state index in [-0.39, 0.29) is 92.0 Å². The van der Waals surface area contributed by atoms with E-state index in [1.807, 2.05) is 77.7 Å². The van der Waals surface area contributed by atoms with Crippen molar-refractivity contribution >= 4 is 22.5 Å². The van der Waals surface area contributed by atoms with E-state index < -0.39 is 10.1 Å². The molecule has 0 spiro atoms. The summed E-state index contributed by atoms with van der Waals surface area (Å²) in [5.74, 6) is -0.250. The van der Waals surface area contributed by atoms with Crippen LogP contribution in [0.15, 0.2) is 243 Å². The van der Waals surface area contributed by atoms with Crippen molar-refractivity contribution < 1.29 is 67.8 Å². The van der Waals surface area contributed by atoms with E-state index in [9.17, 15) is 22.7 Å². The maximum atomic E-state index is 13.6. The van der Waals surface area contributed by atoms with Gasteiger partial charge in [0.25, 0.3) is 16.6 Å².